The fourth-order valence-corrected chi connectivity index (χ4v) is 1.74. The standard InChI is InChI=1S/C13H28O2/c1-3-5-7-9-13(15)11-10-12(14)8-6-4-2/h12-15H,3-11H2,1-2H3. The van der Waals surface area contributed by atoms with Crippen LogP contribution in [0.15, 0.2) is 0 Å². The lowest BCUT2D eigenvalue weighted by molar-refractivity contribution is 0.101. The molecule has 2 nitrogen and oxygen atoms in total. The van der Waals surface area contributed by atoms with Gasteiger partial charge in [-0.25, -0.2) is 0 Å². The summed E-state index contributed by atoms with van der Waals surface area (Å²) >= 11 is 0. The third-order valence-electron chi connectivity index (χ3n) is 2.86. The number of aliphatic hydroxyl groups is 2. The van der Waals surface area contributed by atoms with E-state index in [0.29, 0.717) is 0 Å². The molecule has 0 aromatic carbocycles. The first kappa shape index (κ1) is 14.9. The molecule has 0 aliphatic carbocycles. The molecule has 0 radical (unpaired) electrons. The predicted octanol–water partition coefficient (Wildman–Crippen LogP) is 3.26. The molecule has 0 fully saturated rings. The molecule has 0 saturated carbocycles. The molecule has 2 atom stereocenters. The predicted molar refractivity (Wildman–Crippen MR) is 64.9 cm³/mol. The Hall–Kier alpha value is -0.0800. The van der Waals surface area contributed by atoms with Crippen molar-refractivity contribution in [1.29, 1.82) is 0 Å². The summed E-state index contributed by atoms with van der Waals surface area (Å²) in [6.45, 7) is 4.30. The van der Waals surface area contributed by atoms with Crippen LogP contribution in [0, 0.1) is 0 Å². The van der Waals surface area contributed by atoms with Crippen molar-refractivity contribution in [2.24, 2.45) is 0 Å². The monoisotopic (exact) mass is 216 g/mol. The quantitative estimate of drug-likeness (QED) is 0.550. The van der Waals surface area contributed by atoms with Crippen LogP contribution in [0.1, 0.15) is 71.6 Å². The molecule has 15 heavy (non-hydrogen) atoms. The molecule has 0 aliphatic heterocycles. The van der Waals surface area contributed by atoms with Crippen LogP contribution in [0.25, 0.3) is 0 Å². The maximum atomic E-state index is 9.64. The highest BCUT2D eigenvalue weighted by Gasteiger charge is 2.08. The largest absolute Gasteiger partial charge is 0.393 e. The van der Waals surface area contributed by atoms with Crippen LogP contribution in [0.2, 0.25) is 0 Å². The Morgan fingerprint density at radius 2 is 1.13 bits per heavy atom. The van der Waals surface area contributed by atoms with E-state index in [-0.39, 0.29) is 12.2 Å². The third-order valence-corrected chi connectivity index (χ3v) is 2.86. The van der Waals surface area contributed by atoms with E-state index in [4.69, 9.17) is 0 Å². The van der Waals surface area contributed by atoms with Gasteiger partial charge in [-0.3, -0.25) is 0 Å². The second kappa shape index (κ2) is 10.4. The highest BCUT2D eigenvalue weighted by Crippen LogP contribution is 2.12. The van der Waals surface area contributed by atoms with Crippen molar-refractivity contribution >= 4 is 0 Å². The molecule has 2 unspecified atom stereocenters. The van der Waals surface area contributed by atoms with E-state index in [1.165, 1.54) is 12.8 Å². The molecule has 2 heteroatoms. The molecule has 0 heterocycles. The summed E-state index contributed by atoms with van der Waals surface area (Å²) in [5.74, 6) is 0. The van der Waals surface area contributed by atoms with Crippen LogP contribution >= 0.6 is 0 Å². The number of unbranched alkanes of at least 4 members (excludes halogenated alkanes) is 3. The van der Waals surface area contributed by atoms with Crippen molar-refractivity contribution in [3.8, 4) is 0 Å². The van der Waals surface area contributed by atoms with Gasteiger partial charge in [0.05, 0.1) is 12.2 Å². The molecule has 0 aromatic heterocycles. The van der Waals surface area contributed by atoms with Crippen molar-refractivity contribution in [2.75, 3.05) is 0 Å². The third kappa shape index (κ3) is 10.2. The smallest absolute Gasteiger partial charge is 0.0541 e. The molecular weight excluding hydrogens is 188 g/mol. The van der Waals surface area contributed by atoms with Gasteiger partial charge in [-0.2, -0.15) is 0 Å². The van der Waals surface area contributed by atoms with Gasteiger partial charge in [0, 0.05) is 0 Å². The van der Waals surface area contributed by atoms with Gasteiger partial charge in [0.15, 0.2) is 0 Å². The summed E-state index contributed by atoms with van der Waals surface area (Å²) in [5.41, 5.74) is 0. The van der Waals surface area contributed by atoms with E-state index in [2.05, 4.69) is 13.8 Å². The maximum Gasteiger partial charge on any atom is 0.0541 e. The Kier molecular flexibility index (Phi) is 10.4. The van der Waals surface area contributed by atoms with Crippen molar-refractivity contribution in [1.82, 2.24) is 0 Å². The molecule has 2 N–H and O–H groups in total. The van der Waals surface area contributed by atoms with Crippen LogP contribution < -0.4 is 0 Å². The summed E-state index contributed by atoms with van der Waals surface area (Å²) in [6.07, 6.45) is 8.64. The second-order valence-corrected chi connectivity index (χ2v) is 4.52. The van der Waals surface area contributed by atoms with Gasteiger partial charge in [-0.15, -0.1) is 0 Å². The van der Waals surface area contributed by atoms with Gasteiger partial charge < -0.3 is 10.2 Å². The van der Waals surface area contributed by atoms with E-state index in [9.17, 15) is 10.2 Å². The van der Waals surface area contributed by atoms with Gasteiger partial charge in [0.2, 0.25) is 0 Å². The number of hydrogen-bond donors (Lipinski definition) is 2. The van der Waals surface area contributed by atoms with Crippen LogP contribution in [0.5, 0.6) is 0 Å². The molecule has 0 rings (SSSR count). The lowest BCUT2D eigenvalue weighted by Gasteiger charge is -2.13. The minimum absolute atomic E-state index is 0.201. The van der Waals surface area contributed by atoms with E-state index >= 15 is 0 Å². The van der Waals surface area contributed by atoms with Gasteiger partial charge in [-0.1, -0.05) is 46.0 Å². The molecule has 92 valence electrons. The van der Waals surface area contributed by atoms with E-state index in [1.54, 1.807) is 0 Å². The van der Waals surface area contributed by atoms with Crippen molar-refractivity contribution in [3.63, 3.8) is 0 Å². The topological polar surface area (TPSA) is 40.5 Å². The number of rotatable bonds is 10. The lowest BCUT2D eigenvalue weighted by Crippen LogP contribution is -2.13. The van der Waals surface area contributed by atoms with Gasteiger partial charge in [0.25, 0.3) is 0 Å². The SMILES string of the molecule is CCCCCC(O)CCC(O)CCCC. The first-order valence-corrected chi connectivity index (χ1v) is 6.56. The van der Waals surface area contributed by atoms with Gasteiger partial charge in [-0.05, 0) is 25.7 Å². The summed E-state index contributed by atoms with van der Waals surface area (Å²) in [7, 11) is 0. The van der Waals surface area contributed by atoms with Crippen molar-refractivity contribution in [2.45, 2.75) is 83.8 Å². The average molecular weight is 216 g/mol. The van der Waals surface area contributed by atoms with Crippen LogP contribution in [-0.4, -0.2) is 22.4 Å². The second-order valence-electron chi connectivity index (χ2n) is 4.52. The maximum absolute atomic E-state index is 9.64. The molecule has 0 aromatic rings. The van der Waals surface area contributed by atoms with Crippen LogP contribution in [-0.2, 0) is 0 Å². The molecular formula is C13H28O2. The molecule has 0 spiro atoms. The molecule has 0 bridgehead atoms. The van der Waals surface area contributed by atoms with E-state index in [1.807, 2.05) is 0 Å². The Bertz CT molecular complexity index is 126. The molecule has 0 aliphatic rings. The molecule has 0 amide bonds. The zero-order valence-electron chi connectivity index (χ0n) is 10.4. The van der Waals surface area contributed by atoms with Crippen molar-refractivity contribution < 1.29 is 10.2 Å². The Morgan fingerprint density at radius 1 is 0.667 bits per heavy atom. The summed E-state index contributed by atoms with van der Waals surface area (Å²) < 4.78 is 0. The number of hydrogen-bond acceptors (Lipinski definition) is 2. The minimum atomic E-state index is -0.203. The lowest BCUT2D eigenvalue weighted by atomic mass is 10.0. The Morgan fingerprint density at radius 3 is 1.60 bits per heavy atom. The average Bonchev–Trinajstić information content (AvgIpc) is 2.24. The van der Waals surface area contributed by atoms with Gasteiger partial charge >= 0.3 is 0 Å². The van der Waals surface area contributed by atoms with E-state index < -0.39 is 0 Å². The summed E-state index contributed by atoms with van der Waals surface area (Å²) in [4.78, 5) is 0. The first-order chi connectivity index (χ1) is 7.20. The van der Waals surface area contributed by atoms with Crippen LogP contribution in [0.3, 0.4) is 0 Å². The van der Waals surface area contributed by atoms with E-state index in [0.717, 1.165) is 44.9 Å². The highest BCUT2D eigenvalue weighted by molar-refractivity contribution is 4.61. The first-order valence-electron chi connectivity index (χ1n) is 6.56. The van der Waals surface area contributed by atoms with Crippen LogP contribution in [0.4, 0.5) is 0 Å². The normalized spacial score (nSPS) is 15.2. The van der Waals surface area contributed by atoms with Crippen molar-refractivity contribution in [3.05, 3.63) is 0 Å². The Labute approximate surface area is 94.7 Å². The highest BCUT2D eigenvalue weighted by atomic mass is 16.3. The zero-order valence-corrected chi connectivity index (χ0v) is 10.4. The number of aliphatic hydroxyl groups excluding tert-OH is 2. The Balaban J connectivity index is 3.31. The summed E-state index contributed by atoms with van der Waals surface area (Å²) in [5, 5.41) is 19.2. The minimum Gasteiger partial charge on any atom is -0.393 e. The molecule has 0 saturated heterocycles. The van der Waals surface area contributed by atoms with Gasteiger partial charge in [0.1, 0.15) is 0 Å². The fourth-order valence-electron chi connectivity index (χ4n) is 1.74. The fraction of sp³-hybridized carbons (Fsp3) is 1.00. The summed E-state index contributed by atoms with van der Waals surface area (Å²) in [6, 6.07) is 0. The zero-order chi connectivity index (χ0) is 11.5.